The summed E-state index contributed by atoms with van der Waals surface area (Å²) in [7, 11) is 0. The van der Waals surface area contributed by atoms with Crippen molar-refractivity contribution in [3.63, 3.8) is 0 Å². The SMILES string of the molecule is CC(=O)N[C@@H]1[C@@H](O)[C@H](O[C@H]2O[C@H](CO)[C@@H](O[C@@H]3O[C@H](CO[C@H]4O[C@H](CO)[C@@H](O)[C@H](O[C@H]5O[C@H](CO)[C@@H](O)[C@H](O)[C@@H]5O)[C@@H]4O)[C@@H](O)[C@H](O[C@H]4O[C@H](CO)[C@@H](O)[C@H](O)[C@@H]4O[C@@H]4O[C@H](CO)[C@@H](O[C@@H]5O[C@H](CO)[C@H](O)[C@H](O[C@]6(C(=O)O)C[C@H](O)[C@@H](NC(C)=O)[C@H]([C@H](O)[C@H](O)CO)O6)[C@H]5O)[C@H](O)[C@H]4NC(C)=O)[C@@H]3O)[C@H](O)[C@H]2NC(C)=O)[C@@H](CO[C@H]2O[C@H](C)[C@H](O)[C@H](O)[C@H]2O)O[C@@H]1O. The molecule has 0 aromatic heterocycles. The first-order valence-corrected chi connectivity index (χ1v) is 40.6. The molecule has 0 bridgehead atoms. The fourth-order valence-electron chi connectivity index (χ4n) is 16.5. The summed E-state index contributed by atoms with van der Waals surface area (Å²) in [6.45, 7) is -5.48. The lowest BCUT2D eigenvalue weighted by Gasteiger charge is -2.51. The summed E-state index contributed by atoms with van der Waals surface area (Å²) in [5, 5.41) is 333. The van der Waals surface area contributed by atoms with E-state index in [1.54, 1.807) is 0 Å². The summed E-state index contributed by atoms with van der Waals surface area (Å²) in [5.41, 5.74) is 0. The zero-order valence-electron chi connectivity index (χ0n) is 68.7. The van der Waals surface area contributed by atoms with E-state index in [1.807, 2.05) is 0 Å². The van der Waals surface area contributed by atoms with Gasteiger partial charge in [-0.05, 0) is 6.92 Å². The number of nitrogens with one attached hydrogen (secondary N) is 4. The van der Waals surface area contributed by atoms with Crippen LogP contribution in [0.25, 0.3) is 0 Å². The van der Waals surface area contributed by atoms with Crippen LogP contribution in [-0.4, -0.2) is 550 Å². The Hall–Kier alpha value is -4.53. The molecule has 33 N–H and O–H groups in total. The fraction of sp³-hybridized carbons (Fsp3) is 0.930. The largest absolute Gasteiger partial charge is 0.477 e. The molecule has 0 aliphatic carbocycles. The summed E-state index contributed by atoms with van der Waals surface area (Å²) in [4.78, 5) is 64.5. The van der Waals surface area contributed by atoms with Crippen molar-refractivity contribution in [2.45, 2.75) is 353 Å². The number of carbonyl (C=O) groups is 5. The van der Waals surface area contributed by atoms with Crippen LogP contribution in [0.2, 0.25) is 0 Å². The van der Waals surface area contributed by atoms with E-state index in [9.17, 15) is 172 Å². The van der Waals surface area contributed by atoms with Crippen LogP contribution in [0.4, 0.5) is 0 Å². The van der Waals surface area contributed by atoms with Crippen molar-refractivity contribution in [1.82, 2.24) is 21.3 Å². The average Bonchev–Trinajstić information content (AvgIpc) is 0.752. The summed E-state index contributed by atoms with van der Waals surface area (Å²) < 4.78 is 112. The molecule has 10 aliphatic heterocycles. The zero-order chi connectivity index (χ0) is 94.6. The van der Waals surface area contributed by atoms with Gasteiger partial charge >= 0.3 is 5.97 Å². The molecule has 10 fully saturated rings. The molecule has 0 aromatic carbocycles. The third kappa shape index (κ3) is 23.1. The summed E-state index contributed by atoms with van der Waals surface area (Å²) in [6.07, 6.45) is -100. The molecule has 10 aliphatic rings. The highest BCUT2D eigenvalue weighted by Crippen LogP contribution is 2.43. The van der Waals surface area contributed by atoms with Gasteiger partial charge in [-0.15, -0.1) is 0 Å². The Morgan fingerprint density at radius 2 is 0.680 bits per heavy atom. The molecule has 57 nitrogen and oxygen atoms in total. The second-order valence-corrected chi connectivity index (χ2v) is 32.4. The number of carbonyl (C=O) groups excluding carboxylic acids is 4. The molecular weight excluding hydrogens is 1760 g/mol. The van der Waals surface area contributed by atoms with Crippen LogP contribution in [0.5, 0.6) is 0 Å². The van der Waals surface area contributed by atoms with Gasteiger partial charge < -0.3 is 259 Å². The number of amides is 4. The van der Waals surface area contributed by atoms with Gasteiger partial charge in [0.1, 0.15) is 232 Å². The second kappa shape index (κ2) is 45.4. The number of aliphatic hydroxyl groups is 28. The fourth-order valence-corrected chi connectivity index (χ4v) is 16.5. The lowest BCUT2D eigenvalue weighted by molar-refractivity contribution is -0.400. The van der Waals surface area contributed by atoms with Gasteiger partial charge in [0.25, 0.3) is 5.79 Å². The van der Waals surface area contributed by atoms with Crippen molar-refractivity contribution in [3.8, 4) is 0 Å². The molecule has 0 radical (unpaired) electrons. The van der Waals surface area contributed by atoms with Crippen molar-refractivity contribution in [2.75, 3.05) is 59.5 Å². The van der Waals surface area contributed by atoms with Gasteiger partial charge in [0.05, 0.1) is 77.7 Å². The van der Waals surface area contributed by atoms with Crippen LogP contribution in [0.15, 0.2) is 0 Å². The van der Waals surface area contributed by atoms with Crippen molar-refractivity contribution in [3.05, 3.63) is 0 Å². The van der Waals surface area contributed by atoms with Crippen molar-refractivity contribution >= 4 is 29.6 Å². The van der Waals surface area contributed by atoms with Gasteiger partial charge in [0, 0.05) is 34.1 Å². The van der Waals surface area contributed by atoms with E-state index >= 15 is 0 Å². The maximum Gasteiger partial charge on any atom is 0.364 e. The number of carboxylic acid groups (broad SMARTS) is 1. The van der Waals surface area contributed by atoms with Gasteiger partial charge in [0.2, 0.25) is 23.6 Å². The molecule has 4 amide bonds. The number of rotatable bonds is 34. The summed E-state index contributed by atoms with van der Waals surface area (Å²) >= 11 is 0. The zero-order valence-corrected chi connectivity index (χ0v) is 68.7. The minimum atomic E-state index is -3.32. The molecule has 128 heavy (non-hydrogen) atoms. The average molecular weight is 1880 g/mol. The van der Waals surface area contributed by atoms with Crippen LogP contribution < -0.4 is 21.3 Å². The van der Waals surface area contributed by atoms with E-state index in [0.29, 0.717) is 0 Å². The molecule has 51 atom stereocenters. The Balaban J connectivity index is 0.956. The van der Waals surface area contributed by atoms with E-state index < -0.39 is 408 Å². The highest BCUT2D eigenvalue weighted by molar-refractivity contribution is 5.77. The van der Waals surface area contributed by atoms with E-state index in [0.717, 1.165) is 27.7 Å². The van der Waals surface area contributed by atoms with Gasteiger partial charge in [0.15, 0.2) is 56.6 Å². The Morgan fingerprint density at radius 1 is 0.336 bits per heavy atom. The Bertz CT molecular complexity index is 3530. The monoisotopic (exact) mass is 1870 g/mol. The standard InChI is InChI=1S/C71H118N4O53/c1-16-35(89)45(99)48(102)64(112-16)111-15-30-55(42(96)32(61(107)113-30)73-18(3)84)121-62-33(74-19(4)85)43(97)53(27(12-81)118-62)122-67-51(105)58(41(95)29(120-67)14-110-65-50(104)57(39(93)25(10-79)114-65)124-66-49(103)46(100)37(91)23(8-77)115-66)125-69-60(47(101)38(92)24(9-78)117-69)126-63-34(75-20(5)86)44(98)54(28(13-82)119-63)123-68-52(106)59(40(94)26(11-80)116-68)128-71(70(108)109)6-21(87)31(72-17(2)83)56(127-71)36(90)22(88)7-76/h16,21-69,76-82,87-107H,6-15H2,1-5H3,(H,72,83)(H,73,84)(H,74,85)(H,75,86)(H,108,109)/t16-,21+,22-,23-,24-,25-,26-,27-,28-,29-,30-,31-,32-,33-,34-,35+,36-,37-,38-,39-,40+,41-,42-,43-,44-,45+,46+,47+,48-,49+,50+,51+,52-,53-,54-,55-,56-,57+,58+,59+,60+,61+,62-,63+,64+,65+,66-,67+,68+,69-,71+/m1/s1. The molecule has 740 valence electrons. The van der Waals surface area contributed by atoms with Crippen LogP contribution in [0.1, 0.15) is 41.0 Å². The van der Waals surface area contributed by atoms with Crippen LogP contribution in [-0.2, 0) is 114 Å². The van der Waals surface area contributed by atoms with Gasteiger partial charge in [-0.1, -0.05) is 0 Å². The number of aliphatic carboxylic acids is 1. The first-order valence-electron chi connectivity index (χ1n) is 40.6. The number of carboxylic acids is 1. The molecule has 10 rings (SSSR count). The highest BCUT2D eigenvalue weighted by atomic mass is 16.8. The molecule has 10 saturated heterocycles. The van der Waals surface area contributed by atoms with Crippen LogP contribution in [0, 0.1) is 0 Å². The van der Waals surface area contributed by atoms with Crippen LogP contribution >= 0.6 is 0 Å². The predicted octanol–water partition coefficient (Wildman–Crippen LogP) is -22.0. The smallest absolute Gasteiger partial charge is 0.364 e. The van der Waals surface area contributed by atoms with E-state index in [4.69, 9.17) is 90.0 Å². The van der Waals surface area contributed by atoms with Crippen molar-refractivity contribution < 1.29 is 262 Å². The maximum absolute atomic E-state index is 13.3. The molecule has 10 heterocycles. The Labute approximate surface area is 723 Å². The highest BCUT2D eigenvalue weighted by Gasteiger charge is 2.64. The topological polar surface area (TPSA) is 896 Å². The van der Waals surface area contributed by atoms with Crippen molar-refractivity contribution in [2.24, 2.45) is 0 Å². The normalized spacial score (nSPS) is 48.4. The third-order valence-electron chi connectivity index (χ3n) is 23.4. The first-order chi connectivity index (χ1) is 60.3. The summed E-state index contributed by atoms with van der Waals surface area (Å²) in [6, 6.07) is -7.70. The number of hydrogen-bond acceptors (Lipinski definition) is 52. The molecule has 0 unspecified atom stereocenters. The minimum Gasteiger partial charge on any atom is -0.477 e. The Kier molecular flexibility index (Phi) is 37.4. The second-order valence-electron chi connectivity index (χ2n) is 32.4. The minimum absolute atomic E-state index is 0.853. The molecule has 0 spiro atoms. The quantitative estimate of drug-likeness (QED) is 0.0284. The van der Waals surface area contributed by atoms with E-state index in [1.165, 1.54) is 6.92 Å². The number of aliphatic hydroxyl groups excluding tert-OH is 28. The Morgan fingerprint density at radius 3 is 1.17 bits per heavy atom. The lowest BCUT2D eigenvalue weighted by Crippen LogP contribution is -2.71. The number of ether oxygens (including phenoxy) is 19. The number of hydrogen-bond donors (Lipinski definition) is 33. The molecule has 0 saturated carbocycles. The van der Waals surface area contributed by atoms with E-state index in [2.05, 4.69) is 21.3 Å². The summed E-state index contributed by atoms with van der Waals surface area (Å²) in [5.74, 6) is -9.30. The van der Waals surface area contributed by atoms with Crippen molar-refractivity contribution in [1.29, 1.82) is 0 Å². The predicted molar refractivity (Wildman–Crippen MR) is 392 cm³/mol. The lowest BCUT2D eigenvalue weighted by atomic mass is 9.88. The first kappa shape index (κ1) is 106. The molecule has 0 aromatic rings. The molecule has 57 heteroatoms. The third-order valence-corrected chi connectivity index (χ3v) is 23.4. The molecular formula is C71H118N4O53. The van der Waals surface area contributed by atoms with Crippen LogP contribution in [0.3, 0.4) is 0 Å². The maximum atomic E-state index is 13.3. The van der Waals surface area contributed by atoms with Gasteiger partial charge in [-0.2, -0.15) is 0 Å². The van der Waals surface area contributed by atoms with Gasteiger partial charge in [-0.3, -0.25) is 19.2 Å². The van der Waals surface area contributed by atoms with Gasteiger partial charge in [-0.25, -0.2) is 4.79 Å². The van der Waals surface area contributed by atoms with E-state index in [-0.39, 0.29) is 0 Å².